The molecule has 0 spiro atoms. The van der Waals surface area contributed by atoms with E-state index in [0.29, 0.717) is 11.5 Å². The number of benzene rings is 3. The third-order valence-corrected chi connectivity index (χ3v) is 4.02. The van der Waals surface area contributed by atoms with Gasteiger partial charge in [-0.25, -0.2) is 0 Å². The van der Waals surface area contributed by atoms with Crippen molar-refractivity contribution in [3.8, 4) is 39.5 Å². The lowest BCUT2D eigenvalue weighted by molar-refractivity contribution is 0.466. The highest BCUT2D eigenvalue weighted by Gasteiger charge is 2.23. The summed E-state index contributed by atoms with van der Waals surface area (Å²) in [5, 5.41) is 10.9. The zero-order chi connectivity index (χ0) is 16.4. The van der Waals surface area contributed by atoms with Crippen molar-refractivity contribution in [3.63, 3.8) is 0 Å². The molecule has 1 N–H and O–H groups in total. The van der Waals surface area contributed by atoms with Crippen molar-refractivity contribution in [1.29, 1.82) is 0 Å². The summed E-state index contributed by atoms with van der Waals surface area (Å²) in [5.41, 5.74) is 3.45. The second-order valence-corrected chi connectivity index (χ2v) is 5.58. The van der Waals surface area contributed by atoms with Crippen molar-refractivity contribution in [2.24, 2.45) is 0 Å². The third kappa shape index (κ3) is 2.48. The van der Waals surface area contributed by atoms with Crippen LogP contribution in [-0.2, 0) is 0 Å². The first-order valence-electron chi connectivity index (χ1n) is 7.86. The number of hydrogen-bond donors (Lipinski definition) is 1. The molecule has 0 unspecified atom stereocenters. The molecule has 0 aliphatic rings. The zero-order valence-corrected chi connectivity index (χ0v) is 13.0. The Labute approximate surface area is 140 Å². The summed E-state index contributed by atoms with van der Waals surface area (Å²) in [6.07, 6.45) is 0. The van der Waals surface area contributed by atoms with Crippen molar-refractivity contribution < 1.29 is 9.52 Å². The maximum Gasteiger partial charge on any atom is 0.177 e. The lowest BCUT2D eigenvalue weighted by Gasteiger charge is -2.03. The van der Waals surface area contributed by atoms with Gasteiger partial charge in [0, 0.05) is 11.1 Å². The molecule has 2 heteroatoms. The molecule has 0 amide bonds. The summed E-state index contributed by atoms with van der Waals surface area (Å²) in [4.78, 5) is 0. The fourth-order valence-corrected chi connectivity index (χ4v) is 2.87. The van der Waals surface area contributed by atoms with Crippen LogP contribution in [0, 0.1) is 0 Å². The van der Waals surface area contributed by atoms with Gasteiger partial charge in [-0.05, 0) is 5.56 Å². The Balaban J connectivity index is 1.99. The summed E-state index contributed by atoms with van der Waals surface area (Å²) in [6.45, 7) is 0. The molecule has 0 radical (unpaired) electrons. The molecular weight excluding hydrogens is 296 g/mol. The Kier molecular flexibility index (Phi) is 3.64. The Bertz CT molecular complexity index is 939. The maximum absolute atomic E-state index is 10.9. The molecule has 4 rings (SSSR count). The number of aromatic hydroxyl groups is 1. The van der Waals surface area contributed by atoms with Gasteiger partial charge in [0.15, 0.2) is 11.5 Å². The van der Waals surface area contributed by atoms with Crippen molar-refractivity contribution in [2.75, 3.05) is 0 Å². The molecule has 0 saturated carbocycles. The molecule has 2 nitrogen and oxygen atoms in total. The van der Waals surface area contributed by atoms with E-state index in [2.05, 4.69) is 0 Å². The SMILES string of the molecule is Oc1c(-c2ccccc2)oc(-c2ccccc2)c1-c1ccccc1. The van der Waals surface area contributed by atoms with Crippen LogP contribution in [0.4, 0.5) is 0 Å². The lowest BCUT2D eigenvalue weighted by Crippen LogP contribution is -1.80. The highest BCUT2D eigenvalue weighted by molar-refractivity contribution is 5.90. The smallest absolute Gasteiger partial charge is 0.177 e. The van der Waals surface area contributed by atoms with E-state index in [-0.39, 0.29) is 5.75 Å². The Morgan fingerprint density at radius 2 is 0.917 bits per heavy atom. The second kappa shape index (κ2) is 6.09. The van der Waals surface area contributed by atoms with Crippen LogP contribution in [0.15, 0.2) is 95.4 Å². The highest BCUT2D eigenvalue weighted by atomic mass is 16.4. The fraction of sp³-hybridized carbons (Fsp3) is 0. The normalized spacial score (nSPS) is 10.7. The molecule has 1 aromatic heterocycles. The van der Waals surface area contributed by atoms with Crippen LogP contribution in [0.25, 0.3) is 33.8 Å². The van der Waals surface area contributed by atoms with Gasteiger partial charge >= 0.3 is 0 Å². The summed E-state index contributed by atoms with van der Waals surface area (Å²) < 4.78 is 6.12. The van der Waals surface area contributed by atoms with Crippen LogP contribution in [-0.4, -0.2) is 5.11 Å². The minimum Gasteiger partial charge on any atom is -0.504 e. The minimum absolute atomic E-state index is 0.172. The summed E-state index contributed by atoms with van der Waals surface area (Å²) in [7, 11) is 0. The maximum atomic E-state index is 10.9. The predicted octanol–water partition coefficient (Wildman–Crippen LogP) is 5.99. The lowest BCUT2D eigenvalue weighted by atomic mass is 10.0. The topological polar surface area (TPSA) is 33.4 Å². The molecule has 4 aromatic rings. The summed E-state index contributed by atoms with van der Waals surface area (Å²) in [6, 6.07) is 29.4. The van der Waals surface area contributed by atoms with E-state index in [4.69, 9.17) is 4.42 Å². The van der Waals surface area contributed by atoms with E-state index in [1.165, 1.54) is 0 Å². The first kappa shape index (κ1) is 14.3. The second-order valence-electron chi connectivity index (χ2n) is 5.58. The predicted molar refractivity (Wildman–Crippen MR) is 96.7 cm³/mol. The molecule has 116 valence electrons. The molecule has 0 saturated heterocycles. The first-order valence-corrected chi connectivity index (χ1v) is 7.86. The highest BCUT2D eigenvalue weighted by Crippen LogP contribution is 2.47. The third-order valence-electron chi connectivity index (χ3n) is 4.02. The van der Waals surface area contributed by atoms with Gasteiger partial charge in [-0.1, -0.05) is 91.0 Å². The Hall–Kier alpha value is -3.26. The average Bonchev–Trinajstić information content (AvgIpc) is 3.01. The van der Waals surface area contributed by atoms with E-state index in [1.807, 2.05) is 91.0 Å². The van der Waals surface area contributed by atoms with Crippen LogP contribution >= 0.6 is 0 Å². The summed E-state index contributed by atoms with van der Waals surface area (Å²) >= 11 is 0. The molecular formula is C22H16O2. The van der Waals surface area contributed by atoms with Gasteiger partial charge in [-0.3, -0.25) is 0 Å². The molecule has 3 aromatic carbocycles. The standard InChI is InChI=1S/C22H16O2/c23-20-19(16-10-4-1-5-11-16)21(17-12-6-2-7-13-17)24-22(20)18-14-8-3-9-15-18/h1-15,23H. The Morgan fingerprint density at radius 3 is 1.42 bits per heavy atom. The quantitative estimate of drug-likeness (QED) is 0.504. The van der Waals surface area contributed by atoms with Gasteiger partial charge in [0.2, 0.25) is 0 Å². The van der Waals surface area contributed by atoms with Crippen molar-refractivity contribution in [3.05, 3.63) is 91.0 Å². The summed E-state index contributed by atoms with van der Waals surface area (Å²) in [5.74, 6) is 1.35. The van der Waals surface area contributed by atoms with Crippen molar-refractivity contribution in [2.45, 2.75) is 0 Å². The van der Waals surface area contributed by atoms with E-state index < -0.39 is 0 Å². The van der Waals surface area contributed by atoms with Gasteiger partial charge in [0.05, 0.1) is 5.56 Å². The van der Waals surface area contributed by atoms with Crippen molar-refractivity contribution in [1.82, 2.24) is 0 Å². The number of rotatable bonds is 3. The van der Waals surface area contributed by atoms with Crippen LogP contribution in [0.3, 0.4) is 0 Å². The average molecular weight is 312 g/mol. The zero-order valence-electron chi connectivity index (χ0n) is 13.0. The molecule has 0 aliphatic heterocycles. The van der Waals surface area contributed by atoms with Gasteiger partial charge in [0.25, 0.3) is 0 Å². The van der Waals surface area contributed by atoms with Gasteiger partial charge < -0.3 is 9.52 Å². The molecule has 0 bridgehead atoms. The van der Waals surface area contributed by atoms with Crippen molar-refractivity contribution >= 4 is 0 Å². The van der Waals surface area contributed by atoms with Crippen LogP contribution in [0.5, 0.6) is 5.75 Å². The first-order chi connectivity index (χ1) is 11.8. The van der Waals surface area contributed by atoms with Gasteiger partial charge in [0.1, 0.15) is 5.76 Å². The number of hydrogen-bond acceptors (Lipinski definition) is 2. The molecule has 24 heavy (non-hydrogen) atoms. The minimum atomic E-state index is 0.172. The van der Waals surface area contributed by atoms with Gasteiger partial charge in [-0.2, -0.15) is 0 Å². The van der Waals surface area contributed by atoms with Crippen LogP contribution < -0.4 is 0 Å². The fourth-order valence-electron chi connectivity index (χ4n) is 2.87. The van der Waals surface area contributed by atoms with Crippen LogP contribution in [0.1, 0.15) is 0 Å². The van der Waals surface area contributed by atoms with Gasteiger partial charge in [-0.15, -0.1) is 0 Å². The Morgan fingerprint density at radius 1 is 0.500 bits per heavy atom. The molecule has 1 heterocycles. The van der Waals surface area contributed by atoms with E-state index in [9.17, 15) is 5.11 Å². The monoisotopic (exact) mass is 312 g/mol. The van der Waals surface area contributed by atoms with Crippen LogP contribution in [0.2, 0.25) is 0 Å². The van der Waals surface area contributed by atoms with E-state index in [0.717, 1.165) is 22.3 Å². The molecule has 0 atom stereocenters. The van der Waals surface area contributed by atoms with E-state index >= 15 is 0 Å². The molecule has 0 aliphatic carbocycles. The van der Waals surface area contributed by atoms with E-state index in [1.54, 1.807) is 0 Å². The largest absolute Gasteiger partial charge is 0.504 e. The number of furan rings is 1. The molecule has 0 fully saturated rings.